The number of carbonyl (C=O) groups is 5. The van der Waals surface area contributed by atoms with Gasteiger partial charge in [0.25, 0.3) is 5.91 Å². The number of aryl methyl sites for hydroxylation is 1. The van der Waals surface area contributed by atoms with E-state index in [0.717, 1.165) is 51.5 Å². The topological polar surface area (TPSA) is 223 Å². The van der Waals surface area contributed by atoms with Gasteiger partial charge in [-0.25, -0.2) is 19.3 Å². The fourth-order valence-corrected chi connectivity index (χ4v) is 10.0. The highest BCUT2D eigenvalue weighted by atomic mass is 32.1. The highest BCUT2D eigenvalue weighted by Gasteiger charge is 2.44. The normalized spacial score (nSPS) is 17.6. The number of halogens is 1. The predicted molar refractivity (Wildman–Crippen MR) is 265 cm³/mol. The molecule has 0 bridgehead atoms. The Morgan fingerprint density at radius 2 is 1.69 bits per heavy atom. The lowest BCUT2D eigenvalue weighted by molar-refractivity contribution is -0.144. The summed E-state index contributed by atoms with van der Waals surface area (Å²) >= 11 is 1.56. The smallest absolute Gasteiger partial charge is 0.254 e. The minimum atomic E-state index is -0.965. The number of hydrogen-bond donors (Lipinski definition) is 5. The molecule has 1 aliphatic carbocycles. The van der Waals surface area contributed by atoms with Crippen molar-refractivity contribution < 1.29 is 33.5 Å². The maximum Gasteiger partial charge on any atom is 0.254 e. The molecule has 0 spiro atoms. The van der Waals surface area contributed by atoms with Gasteiger partial charge >= 0.3 is 0 Å². The van der Waals surface area contributed by atoms with Crippen LogP contribution < -0.4 is 16.0 Å². The average molecular weight is 987 g/mol. The molecule has 4 aromatic heterocycles. The maximum atomic E-state index is 15.7. The number of likely N-dealkylation sites (tertiary alicyclic amines) is 1. The molecule has 3 atom stereocenters. The summed E-state index contributed by atoms with van der Waals surface area (Å²) in [5.41, 5.74) is 7.39. The third kappa shape index (κ3) is 11.1. The summed E-state index contributed by atoms with van der Waals surface area (Å²) in [5, 5.41) is 26.4. The SMILES string of the molecule is Cc1ncsc1-c1ccc(CNC(=O)[C@@H]2C[C@@H](O)CN2C(=O)[C@@H](NC(=O)CCCCC(=O)N2CCN(C(=O)c3ccc(Nc4nc(C5CC5)cn5c(-c6cn[nH]c6)cnc45)c(F)c3)CC2)C(C)(C)C)cc1. The van der Waals surface area contributed by atoms with Crippen LogP contribution in [0.3, 0.4) is 0 Å². The van der Waals surface area contributed by atoms with Gasteiger partial charge in [-0.3, -0.25) is 33.5 Å². The van der Waals surface area contributed by atoms with Gasteiger partial charge in [-0.15, -0.1) is 11.3 Å². The molecule has 6 heterocycles. The molecule has 5 amide bonds. The van der Waals surface area contributed by atoms with Crippen LogP contribution in [-0.2, 0) is 25.7 Å². The van der Waals surface area contributed by atoms with Gasteiger partial charge in [0.2, 0.25) is 23.6 Å². The zero-order valence-electron chi connectivity index (χ0n) is 40.3. The van der Waals surface area contributed by atoms with Crippen LogP contribution in [0.15, 0.2) is 72.8 Å². The number of fused-ring (bicyclic) bond motifs is 1. The number of rotatable bonds is 16. The van der Waals surface area contributed by atoms with Crippen molar-refractivity contribution in [3.63, 3.8) is 0 Å². The van der Waals surface area contributed by atoms with E-state index < -0.39 is 35.3 Å². The van der Waals surface area contributed by atoms with Crippen molar-refractivity contribution in [3.05, 3.63) is 101 Å². The number of aliphatic hydroxyl groups is 1. The number of imidazole rings is 1. The molecule has 372 valence electrons. The summed E-state index contributed by atoms with van der Waals surface area (Å²) < 4.78 is 17.6. The average Bonchev–Trinajstić information content (AvgIpc) is 3.68. The van der Waals surface area contributed by atoms with Crippen LogP contribution >= 0.6 is 11.3 Å². The number of anilines is 2. The van der Waals surface area contributed by atoms with Crippen molar-refractivity contribution >= 4 is 58.0 Å². The van der Waals surface area contributed by atoms with Crippen LogP contribution in [0.2, 0.25) is 0 Å². The highest BCUT2D eigenvalue weighted by Crippen LogP contribution is 2.41. The quantitative estimate of drug-likeness (QED) is 0.0712. The van der Waals surface area contributed by atoms with Gasteiger partial charge in [0.05, 0.1) is 51.7 Å². The zero-order chi connectivity index (χ0) is 50.0. The van der Waals surface area contributed by atoms with E-state index in [9.17, 15) is 29.1 Å². The van der Waals surface area contributed by atoms with Gasteiger partial charge in [-0.2, -0.15) is 5.10 Å². The zero-order valence-corrected chi connectivity index (χ0v) is 41.1. The fraction of sp³-hybridized carbons (Fsp3) is 0.431. The number of aliphatic hydroxyl groups excluding tert-OH is 1. The number of amides is 5. The summed E-state index contributed by atoms with van der Waals surface area (Å²) in [4.78, 5) is 87.1. The van der Waals surface area contributed by atoms with E-state index in [4.69, 9.17) is 4.98 Å². The van der Waals surface area contributed by atoms with E-state index in [1.807, 2.05) is 62.6 Å². The van der Waals surface area contributed by atoms with E-state index in [1.54, 1.807) is 51.3 Å². The number of thiazole rings is 1. The lowest BCUT2D eigenvalue weighted by atomic mass is 9.85. The molecule has 0 unspecified atom stereocenters. The molecule has 2 aromatic carbocycles. The van der Waals surface area contributed by atoms with Crippen LogP contribution in [-0.4, -0.2) is 130 Å². The Bertz CT molecular complexity index is 2920. The third-order valence-electron chi connectivity index (χ3n) is 13.4. The van der Waals surface area contributed by atoms with Crippen LogP contribution in [0.5, 0.6) is 0 Å². The summed E-state index contributed by atoms with van der Waals surface area (Å²) in [6, 6.07) is 10.3. The third-order valence-corrected chi connectivity index (χ3v) is 14.4. The molecule has 2 saturated heterocycles. The summed E-state index contributed by atoms with van der Waals surface area (Å²) in [6.45, 7) is 8.86. The van der Waals surface area contributed by atoms with E-state index in [-0.39, 0.29) is 80.3 Å². The first-order chi connectivity index (χ1) is 34.1. The van der Waals surface area contributed by atoms with Gasteiger partial charge in [0.15, 0.2) is 11.5 Å². The number of hydrogen-bond acceptors (Lipinski definition) is 12. The first-order valence-electron chi connectivity index (χ1n) is 24.2. The summed E-state index contributed by atoms with van der Waals surface area (Å²) in [7, 11) is 0. The van der Waals surface area contributed by atoms with Gasteiger partial charge in [0.1, 0.15) is 17.9 Å². The minimum Gasteiger partial charge on any atom is -0.391 e. The second-order valence-corrected chi connectivity index (χ2v) is 20.6. The van der Waals surface area contributed by atoms with Crippen LogP contribution in [0.4, 0.5) is 15.9 Å². The molecular weight excluding hydrogens is 928 g/mol. The number of piperazine rings is 1. The number of aromatic amines is 1. The van der Waals surface area contributed by atoms with Gasteiger partial charge in [-0.1, -0.05) is 45.0 Å². The molecular formula is C51H59FN12O6S. The second kappa shape index (κ2) is 20.7. The first kappa shape index (κ1) is 48.9. The summed E-state index contributed by atoms with van der Waals surface area (Å²) in [6.07, 6.45) is 9.55. The lowest BCUT2D eigenvalue weighted by Crippen LogP contribution is -2.57. The van der Waals surface area contributed by atoms with Crippen molar-refractivity contribution in [2.24, 2.45) is 5.41 Å². The van der Waals surface area contributed by atoms with Crippen molar-refractivity contribution in [2.75, 3.05) is 38.0 Å². The number of β-amino-alcohol motifs (C(OH)–C–C–N with tert-alkyl or cyclic N) is 1. The van der Waals surface area contributed by atoms with Crippen LogP contribution in [0.25, 0.3) is 27.3 Å². The predicted octanol–water partition coefficient (Wildman–Crippen LogP) is 5.97. The summed E-state index contributed by atoms with van der Waals surface area (Å²) in [5.74, 6) is -1.51. The molecule has 1 saturated carbocycles. The Morgan fingerprint density at radius 1 is 0.944 bits per heavy atom. The fourth-order valence-electron chi connectivity index (χ4n) is 9.22. The highest BCUT2D eigenvalue weighted by molar-refractivity contribution is 7.13. The number of nitrogens with zero attached hydrogens (tertiary/aromatic N) is 8. The van der Waals surface area contributed by atoms with Crippen LogP contribution in [0.1, 0.15) is 98.9 Å². The first-order valence-corrected chi connectivity index (χ1v) is 25.0. The Labute approximate surface area is 414 Å². The molecule has 9 rings (SSSR count). The number of benzene rings is 2. The second-order valence-electron chi connectivity index (χ2n) is 19.8. The number of unbranched alkanes of at least 4 members (excludes halogenated alkanes) is 1. The van der Waals surface area contributed by atoms with E-state index in [2.05, 4.69) is 36.1 Å². The van der Waals surface area contributed by atoms with E-state index in [0.29, 0.717) is 43.3 Å². The Hall–Kier alpha value is -7.06. The van der Waals surface area contributed by atoms with E-state index in [1.165, 1.54) is 17.0 Å². The maximum absolute atomic E-state index is 15.7. The Balaban J connectivity index is 0.719. The lowest BCUT2D eigenvalue weighted by Gasteiger charge is -2.35. The molecule has 3 fully saturated rings. The van der Waals surface area contributed by atoms with Crippen LogP contribution in [0, 0.1) is 18.2 Å². The number of aromatic nitrogens is 6. The molecule has 6 aromatic rings. The number of nitrogens with one attached hydrogen (secondary N) is 4. The molecule has 18 nitrogen and oxygen atoms in total. The molecule has 5 N–H and O–H groups in total. The molecule has 20 heteroatoms. The molecule has 0 radical (unpaired) electrons. The minimum absolute atomic E-state index is 0.0314. The Kier molecular flexibility index (Phi) is 14.3. The van der Waals surface area contributed by atoms with E-state index >= 15 is 4.39 Å². The monoisotopic (exact) mass is 986 g/mol. The standard InChI is InChI=1S/C51H59FN12O6S/c1-30-44(71-29-55-30)33-11-9-31(10-12-33)23-54-48(68)40-22-36(65)27-64(40)50(70)45(51(2,3)4)60-42(66)7-5-6-8-43(67)61-17-19-62(20-18-61)49(69)34-15-16-38(37(52)21-34)58-46-47-53-26-41(35-24-56-57-25-35)63(47)28-39(59-46)32-13-14-32/h9-12,15-16,21,24-26,28-29,32,36,40,45,65H,5-8,13-14,17-20,22-23,27H2,1-4H3,(H,54,68)(H,56,57)(H,58,59)(H,60,66)/t36-,40+,45-/m1/s1. The Morgan fingerprint density at radius 3 is 2.37 bits per heavy atom. The van der Waals surface area contributed by atoms with Gasteiger partial charge < -0.3 is 35.8 Å². The molecule has 3 aliphatic rings. The van der Waals surface area contributed by atoms with Gasteiger partial charge in [0, 0.05) is 88.0 Å². The largest absolute Gasteiger partial charge is 0.391 e. The molecule has 2 aliphatic heterocycles. The van der Waals surface area contributed by atoms with Crippen molar-refractivity contribution in [3.8, 4) is 21.7 Å². The number of carbonyl (C=O) groups excluding carboxylic acids is 5. The van der Waals surface area contributed by atoms with Crippen molar-refractivity contribution in [1.29, 1.82) is 0 Å². The number of H-pyrrole nitrogens is 1. The van der Waals surface area contributed by atoms with Crippen molar-refractivity contribution in [1.82, 2.24) is 54.9 Å². The van der Waals surface area contributed by atoms with Crippen molar-refractivity contribution in [2.45, 2.75) is 103 Å². The van der Waals surface area contributed by atoms with Gasteiger partial charge in [-0.05, 0) is 67.3 Å². The molecule has 71 heavy (non-hydrogen) atoms.